The number of amides is 1. The molecule has 28 heavy (non-hydrogen) atoms. The number of aromatic nitrogens is 5. The zero-order valence-electron chi connectivity index (χ0n) is 17.0. The molecule has 1 amide bonds. The second-order valence-electron chi connectivity index (χ2n) is 8.53. The van der Waals surface area contributed by atoms with Gasteiger partial charge in [0, 0.05) is 30.5 Å². The van der Waals surface area contributed by atoms with Gasteiger partial charge in [-0.05, 0) is 38.5 Å². The van der Waals surface area contributed by atoms with Gasteiger partial charge in [0.2, 0.25) is 0 Å². The summed E-state index contributed by atoms with van der Waals surface area (Å²) in [6, 6.07) is -0.0113. The zero-order chi connectivity index (χ0) is 20.1. The van der Waals surface area contributed by atoms with Crippen molar-refractivity contribution in [3.05, 3.63) is 23.7 Å². The first kappa shape index (κ1) is 18.5. The Morgan fingerprint density at radius 1 is 1.39 bits per heavy atom. The third-order valence-electron chi connectivity index (χ3n) is 5.17. The summed E-state index contributed by atoms with van der Waals surface area (Å²) in [5.74, 6) is 0.354. The summed E-state index contributed by atoms with van der Waals surface area (Å²) in [5, 5.41) is 7.44. The first-order chi connectivity index (χ1) is 13.2. The van der Waals surface area contributed by atoms with Gasteiger partial charge in [0.1, 0.15) is 11.4 Å². The summed E-state index contributed by atoms with van der Waals surface area (Å²) >= 11 is 0. The van der Waals surface area contributed by atoms with Gasteiger partial charge in [-0.15, -0.1) is 0 Å². The third-order valence-corrected chi connectivity index (χ3v) is 5.17. The van der Waals surface area contributed by atoms with E-state index in [0.717, 1.165) is 25.0 Å². The number of carbonyl (C=O) groups excluding carboxylic acids is 1. The molecule has 8 heteroatoms. The molecule has 0 saturated carbocycles. The van der Waals surface area contributed by atoms with Crippen molar-refractivity contribution in [1.29, 1.82) is 0 Å². The third kappa shape index (κ3) is 3.34. The van der Waals surface area contributed by atoms with Crippen LogP contribution in [0.1, 0.15) is 45.4 Å². The number of nitrogens with zero attached hydrogens (tertiary/aromatic N) is 4. The van der Waals surface area contributed by atoms with Crippen molar-refractivity contribution in [2.75, 3.05) is 0 Å². The molecule has 0 spiro atoms. The fourth-order valence-electron chi connectivity index (χ4n) is 3.76. The molecule has 0 saturated heterocycles. The second kappa shape index (κ2) is 6.61. The van der Waals surface area contributed by atoms with Crippen LogP contribution in [0.25, 0.3) is 22.6 Å². The zero-order valence-corrected chi connectivity index (χ0v) is 17.0. The van der Waals surface area contributed by atoms with E-state index >= 15 is 0 Å². The molecular weight excluding hydrogens is 356 g/mol. The maximum absolute atomic E-state index is 12.0. The monoisotopic (exact) mass is 382 g/mol. The van der Waals surface area contributed by atoms with Crippen LogP contribution in [0.5, 0.6) is 5.75 Å². The summed E-state index contributed by atoms with van der Waals surface area (Å²) in [5.41, 5.74) is 5.38. The highest BCUT2D eigenvalue weighted by molar-refractivity contribution is 5.84. The maximum Gasteiger partial charge on any atom is 0.412 e. The fraction of sp³-hybridized carbons (Fsp3) is 0.500. The minimum Gasteiger partial charge on any atom is -0.406 e. The number of aromatic amines is 1. The molecule has 1 aliphatic carbocycles. The topological polar surface area (TPSA) is 97.7 Å². The van der Waals surface area contributed by atoms with Gasteiger partial charge in [0.05, 0.1) is 6.20 Å². The van der Waals surface area contributed by atoms with Crippen LogP contribution in [-0.4, -0.2) is 36.9 Å². The molecule has 0 fully saturated rings. The predicted molar refractivity (Wildman–Crippen MR) is 106 cm³/mol. The van der Waals surface area contributed by atoms with Gasteiger partial charge in [0.25, 0.3) is 0 Å². The highest BCUT2D eigenvalue weighted by Crippen LogP contribution is 2.39. The molecule has 0 aromatic carbocycles. The maximum atomic E-state index is 12.0. The smallest absolute Gasteiger partial charge is 0.406 e. The molecule has 0 unspecified atom stereocenters. The Hall–Kier alpha value is -2.90. The van der Waals surface area contributed by atoms with Crippen molar-refractivity contribution in [1.82, 2.24) is 30.0 Å². The lowest BCUT2D eigenvalue weighted by Gasteiger charge is -2.29. The van der Waals surface area contributed by atoms with Crippen LogP contribution in [0.2, 0.25) is 0 Å². The molecule has 3 aromatic heterocycles. The summed E-state index contributed by atoms with van der Waals surface area (Å²) in [6.07, 6.45) is 5.92. The van der Waals surface area contributed by atoms with Gasteiger partial charge in [0.15, 0.2) is 16.9 Å². The number of hydrogen-bond donors (Lipinski definition) is 2. The van der Waals surface area contributed by atoms with Gasteiger partial charge in [-0.2, -0.15) is 5.10 Å². The number of ether oxygens (including phenoxy) is 1. The number of hydrogen-bond acceptors (Lipinski definition) is 5. The van der Waals surface area contributed by atoms with Crippen LogP contribution >= 0.6 is 0 Å². The lowest BCUT2D eigenvalue weighted by Crippen LogP contribution is -2.32. The number of fused-ring (bicyclic) bond motifs is 2. The molecule has 0 bridgehead atoms. The van der Waals surface area contributed by atoms with E-state index in [1.807, 2.05) is 25.6 Å². The van der Waals surface area contributed by atoms with E-state index in [-0.39, 0.29) is 11.5 Å². The normalized spacial score (nSPS) is 15.6. The first-order valence-electron chi connectivity index (χ1n) is 9.61. The Balaban J connectivity index is 1.73. The minimum absolute atomic E-state index is 0.0113. The van der Waals surface area contributed by atoms with Crippen molar-refractivity contribution in [2.45, 2.75) is 53.0 Å². The van der Waals surface area contributed by atoms with E-state index in [2.05, 4.69) is 29.1 Å². The van der Waals surface area contributed by atoms with Crippen LogP contribution in [0.3, 0.4) is 0 Å². The van der Waals surface area contributed by atoms with Crippen LogP contribution in [0.4, 0.5) is 4.79 Å². The number of rotatable bonds is 3. The molecule has 0 radical (unpaired) electrons. The lowest BCUT2D eigenvalue weighted by atomic mass is 9.75. The highest BCUT2D eigenvalue weighted by atomic mass is 16.6. The van der Waals surface area contributed by atoms with Gasteiger partial charge in [-0.1, -0.05) is 13.8 Å². The van der Waals surface area contributed by atoms with Gasteiger partial charge < -0.3 is 15.0 Å². The van der Waals surface area contributed by atoms with Gasteiger partial charge in [-0.3, -0.25) is 4.68 Å². The Labute approximate surface area is 163 Å². The number of H-pyrrole nitrogens is 1. The van der Waals surface area contributed by atoms with Crippen molar-refractivity contribution in [2.24, 2.45) is 12.5 Å². The predicted octanol–water partition coefficient (Wildman–Crippen LogP) is 3.37. The van der Waals surface area contributed by atoms with Crippen LogP contribution in [0.15, 0.2) is 12.4 Å². The van der Waals surface area contributed by atoms with Crippen LogP contribution in [0, 0.1) is 5.41 Å². The summed E-state index contributed by atoms with van der Waals surface area (Å²) < 4.78 is 7.37. The molecule has 148 valence electrons. The highest BCUT2D eigenvalue weighted by Gasteiger charge is 2.31. The molecule has 0 atom stereocenters. The quantitative estimate of drug-likeness (QED) is 0.724. The average molecular weight is 382 g/mol. The molecular formula is C20H26N6O2. The molecule has 8 nitrogen and oxygen atoms in total. The standard InChI is InChI=1S/C20H26N6O2/c1-11(2)23-19(27)28-15-10-22-18-17(15)24-13(9-21-18)16-12-8-20(3,4)7-6-14(12)26(5)25-16/h9-11H,6-8H2,1-5H3,(H,21,22)(H,23,27). The Morgan fingerprint density at radius 2 is 2.18 bits per heavy atom. The fourth-order valence-corrected chi connectivity index (χ4v) is 3.76. The van der Waals surface area contributed by atoms with Crippen molar-refractivity contribution >= 4 is 17.3 Å². The summed E-state index contributed by atoms with van der Waals surface area (Å²) in [6.45, 7) is 8.32. The second-order valence-corrected chi connectivity index (χ2v) is 8.53. The van der Waals surface area contributed by atoms with E-state index in [4.69, 9.17) is 14.8 Å². The number of nitrogens with one attached hydrogen (secondary N) is 2. The SMILES string of the molecule is CC(C)NC(=O)Oc1c[nH]c2ncc(-c3nn(C)c4c3CC(C)(C)CC4)nc12. The lowest BCUT2D eigenvalue weighted by molar-refractivity contribution is 0.198. The van der Waals surface area contributed by atoms with Crippen molar-refractivity contribution in [3.63, 3.8) is 0 Å². The molecule has 0 aliphatic heterocycles. The van der Waals surface area contributed by atoms with E-state index in [1.165, 1.54) is 11.3 Å². The van der Waals surface area contributed by atoms with E-state index in [0.29, 0.717) is 22.6 Å². The summed E-state index contributed by atoms with van der Waals surface area (Å²) in [4.78, 5) is 24.2. The molecule has 1 aliphatic rings. The Morgan fingerprint density at radius 3 is 2.93 bits per heavy atom. The molecule has 3 heterocycles. The van der Waals surface area contributed by atoms with E-state index in [1.54, 1.807) is 12.4 Å². The Bertz CT molecular complexity index is 1050. The summed E-state index contributed by atoms with van der Waals surface area (Å²) in [7, 11) is 1.98. The van der Waals surface area contributed by atoms with Crippen molar-refractivity contribution in [3.8, 4) is 17.1 Å². The van der Waals surface area contributed by atoms with Gasteiger partial charge in [-0.25, -0.2) is 14.8 Å². The van der Waals surface area contributed by atoms with Crippen LogP contribution < -0.4 is 10.1 Å². The largest absolute Gasteiger partial charge is 0.412 e. The minimum atomic E-state index is -0.514. The number of carbonyl (C=O) groups is 1. The van der Waals surface area contributed by atoms with E-state index < -0.39 is 6.09 Å². The number of aryl methyl sites for hydroxylation is 1. The molecule has 3 aromatic rings. The van der Waals surface area contributed by atoms with Gasteiger partial charge >= 0.3 is 6.09 Å². The average Bonchev–Trinajstić information content (AvgIpc) is 3.14. The van der Waals surface area contributed by atoms with Crippen molar-refractivity contribution < 1.29 is 9.53 Å². The first-order valence-corrected chi connectivity index (χ1v) is 9.61. The molecule has 2 N–H and O–H groups in total. The Kier molecular flexibility index (Phi) is 4.36. The van der Waals surface area contributed by atoms with Crippen LogP contribution in [-0.2, 0) is 19.9 Å². The van der Waals surface area contributed by atoms with E-state index in [9.17, 15) is 4.79 Å². The molecule has 4 rings (SSSR count).